The van der Waals surface area contributed by atoms with Crippen molar-refractivity contribution in [2.45, 2.75) is 70.6 Å². The zero-order valence-electron chi connectivity index (χ0n) is 32.3. The average Bonchev–Trinajstić information content (AvgIpc) is 3.73. The topological polar surface area (TPSA) is 3.24 Å². The van der Waals surface area contributed by atoms with Crippen LogP contribution in [0.1, 0.15) is 87.8 Å². The Morgan fingerprint density at radius 2 is 0.796 bits per heavy atom. The maximum Gasteiger partial charge on any atom is 0.0540 e. The van der Waals surface area contributed by atoms with Crippen LogP contribution in [0.3, 0.4) is 0 Å². The van der Waals surface area contributed by atoms with Gasteiger partial charge in [0.25, 0.3) is 0 Å². The molecule has 0 saturated heterocycles. The first-order valence-corrected chi connectivity index (χ1v) is 19.8. The Bertz CT molecular complexity index is 2540. The minimum Gasteiger partial charge on any atom is -0.310 e. The van der Waals surface area contributed by atoms with Gasteiger partial charge in [0.2, 0.25) is 0 Å². The molecule has 0 N–H and O–H groups in total. The summed E-state index contributed by atoms with van der Waals surface area (Å²) >= 11 is 0. The number of hydrogen-bond donors (Lipinski definition) is 0. The highest BCUT2D eigenvalue weighted by molar-refractivity contribution is 5.99. The van der Waals surface area contributed by atoms with E-state index in [4.69, 9.17) is 0 Å². The number of para-hydroxylation sites is 1. The largest absolute Gasteiger partial charge is 0.310 e. The molecule has 0 unspecified atom stereocenters. The van der Waals surface area contributed by atoms with Gasteiger partial charge in [0.15, 0.2) is 0 Å². The van der Waals surface area contributed by atoms with E-state index in [1.807, 2.05) is 0 Å². The minimum absolute atomic E-state index is 0.0116. The lowest BCUT2D eigenvalue weighted by Crippen LogP contribution is -2.22. The molecule has 0 saturated carbocycles. The number of rotatable bonds is 6. The third-order valence-electron chi connectivity index (χ3n) is 13.6. The molecule has 7 aromatic carbocycles. The summed E-state index contributed by atoms with van der Waals surface area (Å²) in [5.41, 5.74) is 22.5. The van der Waals surface area contributed by atoms with Crippen molar-refractivity contribution >= 4 is 17.1 Å². The van der Waals surface area contributed by atoms with Gasteiger partial charge in [-0.05, 0) is 115 Å². The molecule has 7 aromatic rings. The van der Waals surface area contributed by atoms with Crippen molar-refractivity contribution in [3.63, 3.8) is 0 Å². The summed E-state index contributed by atoms with van der Waals surface area (Å²) in [5.74, 6) is 0. The predicted octanol–water partition coefficient (Wildman–Crippen LogP) is 14.5. The molecule has 0 radical (unpaired) electrons. The van der Waals surface area contributed by atoms with Crippen molar-refractivity contribution in [1.82, 2.24) is 0 Å². The first kappa shape index (κ1) is 32.9. The van der Waals surface area contributed by atoms with E-state index in [-0.39, 0.29) is 16.2 Å². The van der Waals surface area contributed by atoms with Crippen LogP contribution < -0.4 is 4.90 Å². The van der Waals surface area contributed by atoms with Crippen molar-refractivity contribution < 1.29 is 0 Å². The smallest absolute Gasteiger partial charge is 0.0540 e. The minimum atomic E-state index is -0.109. The Labute approximate surface area is 321 Å². The maximum atomic E-state index is 2.54. The summed E-state index contributed by atoms with van der Waals surface area (Å²) in [6.45, 7) is 14.2. The van der Waals surface area contributed by atoms with Crippen LogP contribution in [0.2, 0.25) is 0 Å². The second-order valence-corrected chi connectivity index (χ2v) is 16.7. The molecule has 0 amide bonds. The highest BCUT2D eigenvalue weighted by Gasteiger charge is 2.42. The summed E-state index contributed by atoms with van der Waals surface area (Å²) in [5, 5.41) is 0. The average molecular weight is 698 g/mol. The second kappa shape index (κ2) is 11.7. The fourth-order valence-corrected chi connectivity index (χ4v) is 10.7. The van der Waals surface area contributed by atoms with E-state index in [2.05, 4.69) is 198 Å². The van der Waals surface area contributed by atoms with Gasteiger partial charge in [-0.2, -0.15) is 0 Å². The molecule has 0 heterocycles. The molecule has 0 spiro atoms. The Morgan fingerprint density at radius 1 is 0.370 bits per heavy atom. The van der Waals surface area contributed by atoms with Crippen molar-refractivity contribution in [1.29, 1.82) is 0 Å². The molecule has 0 bridgehead atoms. The van der Waals surface area contributed by atoms with Gasteiger partial charge in [0.1, 0.15) is 0 Å². The van der Waals surface area contributed by atoms with Crippen LogP contribution in [-0.4, -0.2) is 0 Å². The standard InChI is InChI=1S/C53H47N/c1-7-53(8-2)45-25-15-11-21-42(45)50-41(22-17-26-46(50)53)40-20-12-16-27-49(40)54(34-28-30-38-36-18-9-13-23-43(36)51(3,4)47(38)32-34)35-29-31-39-37-19-10-14-24-44(37)52(5,6)48(39)33-35/h9-33H,7-8H2,1-6H3. The molecule has 0 aromatic heterocycles. The van der Waals surface area contributed by atoms with Gasteiger partial charge < -0.3 is 4.90 Å². The molecule has 264 valence electrons. The van der Waals surface area contributed by atoms with Crippen molar-refractivity contribution in [2.24, 2.45) is 0 Å². The van der Waals surface area contributed by atoms with Crippen molar-refractivity contribution in [3.05, 3.63) is 185 Å². The van der Waals surface area contributed by atoms with Crippen LogP contribution in [-0.2, 0) is 16.2 Å². The molecule has 0 fully saturated rings. The van der Waals surface area contributed by atoms with Crippen LogP contribution in [0, 0.1) is 0 Å². The molecule has 3 aliphatic carbocycles. The first-order chi connectivity index (χ1) is 26.2. The second-order valence-electron chi connectivity index (χ2n) is 16.7. The van der Waals surface area contributed by atoms with Gasteiger partial charge in [-0.15, -0.1) is 0 Å². The molecule has 0 aliphatic heterocycles. The summed E-state index contributed by atoms with van der Waals surface area (Å²) in [6.07, 6.45) is 2.15. The molecule has 3 aliphatic rings. The zero-order chi connectivity index (χ0) is 37.0. The molecule has 0 atom stereocenters. The number of nitrogens with zero attached hydrogens (tertiary/aromatic N) is 1. The van der Waals surface area contributed by atoms with Crippen LogP contribution in [0.4, 0.5) is 17.1 Å². The molecule has 10 rings (SSSR count). The van der Waals surface area contributed by atoms with Gasteiger partial charge in [-0.3, -0.25) is 0 Å². The third-order valence-corrected chi connectivity index (χ3v) is 13.6. The predicted molar refractivity (Wildman–Crippen MR) is 228 cm³/mol. The number of hydrogen-bond acceptors (Lipinski definition) is 1. The van der Waals surface area contributed by atoms with E-state index in [0.717, 1.165) is 12.8 Å². The van der Waals surface area contributed by atoms with E-state index in [1.165, 1.54) is 95.0 Å². The zero-order valence-corrected chi connectivity index (χ0v) is 32.3. The van der Waals surface area contributed by atoms with Gasteiger partial charge in [0.05, 0.1) is 5.69 Å². The van der Waals surface area contributed by atoms with Gasteiger partial charge >= 0.3 is 0 Å². The highest BCUT2D eigenvalue weighted by atomic mass is 15.1. The summed E-state index contributed by atoms with van der Waals surface area (Å²) in [7, 11) is 0. The molecular weight excluding hydrogens is 651 g/mol. The summed E-state index contributed by atoms with van der Waals surface area (Å²) < 4.78 is 0. The molecule has 1 nitrogen and oxygen atoms in total. The van der Waals surface area contributed by atoms with E-state index in [1.54, 1.807) is 0 Å². The summed E-state index contributed by atoms with van der Waals surface area (Å²) in [6, 6.07) is 57.6. The maximum absolute atomic E-state index is 2.54. The summed E-state index contributed by atoms with van der Waals surface area (Å²) in [4.78, 5) is 2.54. The monoisotopic (exact) mass is 697 g/mol. The Morgan fingerprint density at radius 3 is 1.35 bits per heavy atom. The Hall–Kier alpha value is -5.66. The van der Waals surface area contributed by atoms with Crippen molar-refractivity contribution in [2.75, 3.05) is 4.90 Å². The van der Waals surface area contributed by atoms with Crippen LogP contribution >= 0.6 is 0 Å². The Kier molecular flexibility index (Phi) is 7.12. The normalized spacial score (nSPS) is 15.8. The van der Waals surface area contributed by atoms with Crippen LogP contribution in [0.5, 0.6) is 0 Å². The van der Waals surface area contributed by atoms with Crippen molar-refractivity contribution in [3.8, 4) is 44.5 Å². The van der Waals surface area contributed by atoms with E-state index in [9.17, 15) is 0 Å². The van der Waals surface area contributed by atoms with Crippen LogP contribution in [0.15, 0.2) is 152 Å². The lowest BCUT2D eigenvalue weighted by molar-refractivity contribution is 0.490. The third kappa shape index (κ3) is 4.33. The van der Waals surface area contributed by atoms with Crippen LogP contribution in [0.25, 0.3) is 44.5 Å². The fourth-order valence-electron chi connectivity index (χ4n) is 10.7. The van der Waals surface area contributed by atoms with E-state index in [0.29, 0.717) is 0 Å². The highest BCUT2D eigenvalue weighted by Crippen LogP contribution is 2.58. The lowest BCUT2D eigenvalue weighted by atomic mass is 9.73. The SMILES string of the molecule is CCC1(CC)c2ccccc2-c2c(-c3ccccc3N(c3ccc4c(c3)C(C)(C)c3ccccc3-4)c3ccc4c(c3)C(C)(C)c3ccccc3-4)cccc21. The first-order valence-electron chi connectivity index (χ1n) is 19.8. The Balaban J connectivity index is 1.23. The van der Waals surface area contributed by atoms with E-state index < -0.39 is 0 Å². The molecule has 54 heavy (non-hydrogen) atoms. The number of benzene rings is 7. The lowest BCUT2D eigenvalue weighted by Gasteiger charge is -2.32. The quantitative estimate of drug-likeness (QED) is 0.167. The van der Waals surface area contributed by atoms with E-state index >= 15 is 0 Å². The number of fused-ring (bicyclic) bond motifs is 9. The van der Waals surface area contributed by atoms with Gasteiger partial charge in [0, 0.05) is 33.2 Å². The van der Waals surface area contributed by atoms with Gasteiger partial charge in [-0.25, -0.2) is 0 Å². The fraction of sp³-hybridized carbons (Fsp3) is 0.208. The molecule has 1 heteroatoms. The van der Waals surface area contributed by atoms with Gasteiger partial charge in [-0.1, -0.05) is 163 Å². The molecular formula is C53H47N. The number of anilines is 3.